The van der Waals surface area contributed by atoms with E-state index in [2.05, 4.69) is 21.3 Å². The first-order valence-corrected chi connectivity index (χ1v) is 5.77. The molecular weight excluding hydrogens is 262 g/mol. The molecule has 0 fully saturated rings. The molecule has 1 aliphatic heterocycles. The van der Waals surface area contributed by atoms with Crippen LogP contribution in [0.25, 0.3) is 0 Å². The van der Waals surface area contributed by atoms with Crippen molar-refractivity contribution in [3.63, 3.8) is 0 Å². The Labute approximate surface area is 115 Å². The lowest BCUT2D eigenvalue weighted by Crippen LogP contribution is -2.30. The van der Waals surface area contributed by atoms with E-state index >= 15 is 0 Å². The van der Waals surface area contributed by atoms with Crippen molar-refractivity contribution < 1.29 is 23.9 Å². The SMILES string of the molecule is COC(=O)OCC#CCN1C(=O)c2ccccc2C1=O. The highest BCUT2D eigenvalue weighted by Crippen LogP contribution is 2.21. The molecule has 0 bridgehead atoms. The van der Waals surface area contributed by atoms with Gasteiger partial charge < -0.3 is 9.47 Å². The first-order valence-electron chi connectivity index (χ1n) is 5.77. The minimum atomic E-state index is -0.833. The number of imide groups is 1. The van der Waals surface area contributed by atoms with Crippen molar-refractivity contribution >= 4 is 18.0 Å². The van der Waals surface area contributed by atoms with Gasteiger partial charge in [0.15, 0.2) is 6.61 Å². The Bertz CT molecular complexity index is 591. The van der Waals surface area contributed by atoms with Gasteiger partial charge in [0.2, 0.25) is 0 Å². The van der Waals surface area contributed by atoms with E-state index in [9.17, 15) is 14.4 Å². The highest BCUT2D eigenvalue weighted by Gasteiger charge is 2.34. The second-order valence-electron chi connectivity index (χ2n) is 3.84. The fourth-order valence-corrected chi connectivity index (χ4v) is 1.72. The largest absolute Gasteiger partial charge is 0.508 e. The average molecular weight is 273 g/mol. The third-order valence-corrected chi connectivity index (χ3v) is 2.67. The maximum absolute atomic E-state index is 12.0. The van der Waals surface area contributed by atoms with Crippen LogP contribution in [-0.2, 0) is 9.47 Å². The average Bonchev–Trinajstić information content (AvgIpc) is 2.71. The summed E-state index contributed by atoms with van der Waals surface area (Å²) in [5.41, 5.74) is 0.759. The summed E-state index contributed by atoms with van der Waals surface area (Å²) in [6, 6.07) is 6.60. The Kier molecular flexibility index (Phi) is 4.01. The molecule has 0 saturated heterocycles. The first kappa shape index (κ1) is 13.6. The number of ether oxygens (including phenoxy) is 2. The molecule has 0 unspecified atom stereocenters. The van der Waals surface area contributed by atoms with Crippen LogP contribution >= 0.6 is 0 Å². The quantitative estimate of drug-likeness (QED) is 0.458. The van der Waals surface area contributed by atoms with Crippen molar-refractivity contribution in [2.45, 2.75) is 0 Å². The molecule has 6 heteroatoms. The Morgan fingerprint density at radius 3 is 2.30 bits per heavy atom. The van der Waals surface area contributed by atoms with Gasteiger partial charge in [0.05, 0.1) is 24.8 Å². The molecule has 1 aromatic carbocycles. The lowest BCUT2D eigenvalue weighted by atomic mass is 10.1. The number of nitrogens with zero attached hydrogens (tertiary/aromatic N) is 1. The summed E-state index contributed by atoms with van der Waals surface area (Å²) in [5, 5.41) is 0. The maximum atomic E-state index is 12.0. The molecule has 20 heavy (non-hydrogen) atoms. The van der Waals surface area contributed by atoms with Gasteiger partial charge in [-0.05, 0) is 12.1 Å². The third kappa shape index (κ3) is 2.62. The number of fused-ring (bicyclic) bond motifs is 1. The summed E-state index contributed by atoms with van der Waals surface area (Å²) >= 11 is 0. The summed E-state index contributed by atoms with van der Waals surface area (Å²) < 4.78 is 8.81. The van der Waals surface area contributed by atoms with Crippen LogP contribution in [0.1, 0.15) is 20.7 Å². The van der Waals surface area contributed by atoms with E-state index in [1.165, 1.54) is 7.11 Å². The molecule has 1 heterocycles. The van der Waals surface area contributed by atoms with Gasteiger partial charge in [-0.1, -0.05) is 24.0 Å². The standard InChI is InChI=1S/C14H11NO5/c1-19-14(18)20-9-5-4-8-15-12(16)10-6-2-3-7-11(10)13(15)17/h2-3,6-7H,8-9H2,1H3. The number of benzene rings is 1. The summed E-state index contributed by atoms with van der Waals surface area (Å²) in [6.45, 7) is -0.202. The van der Waals surface area contributed by atoms with Gasteiger partial charge in [0.25, 0.3) is 11.8 Å². The van der Waals surface area contributed by atoms with Gasteiger partial charge in [0.1, 0.15) is 0 Å². The summed E-state index contributed by atoms with van der Waals surface area (Å²) in [5.74, 6) is 4.40. The second-order valence-corrected chi connectivity index (χ2v) is 3.84. The predicted molar refractivity (Wildman–Crippen MR) is 67.9 cm³/mol. The lowest BCUT2D eigenvalue weighted by Gasteiger charge is -2.08. The molecule has 102 valence electrons. The van der Waals surface area contributed by atoms with Crippen LogP contribution in [0.3, 0.4) is 0 Å². The van der Waals surface area contributed by atoms with Gasteiger partial charge >= 0.3 is 6.16 Å². The van der Waals surface area contributed by atoms with Crippen LogP contribution in [0.2, 0.25) is 0 Å². The number of hydrogen-bond donors (Lipinski definition) is 0. The topological polar surface area (TPSA) is 72.9 Å². The molecule has 0 spiro atoms. The van der Waals surface area contributed by atoms with Crippen molar-refractivity contribution in [1.29, 1.82) is 0 Å². The minimum Gasteiger partial charge on any atom is -0.438 e. The minimum absolute atomic E-state index is 0.0448. The smallest absolute Gasteiger partial charge is 0.438 e. The summed E-state index contributed by atoms with van der Waals surface area (Å²) in [4.78, 5) is 35.6. The molecule has 1 aromatic rings. The molecule has 0 radical (unpaired) electrons. The van der Waals surface area contributed by atoms with Crippen molar-refractivity contribution in [3.8, 4) is 11.8 Å². The molecule has 1 aliphatic rings. The Morgan fingerprint density at radius 2 is 1.75 bits per heavy atom. The maximum Gasteiger partial charge on any atom is 0.508 e. The number of carbonyl (C=O) groups excluding carboxylic acids is 3. The molecule has 0 atom stereocenters. The van der Waals surface area contributed by atoms with Gasteiger partial charge in [0, 0.05) is 0 Å². The molecule has 0 saturated carbocycles. The van der Waals surface area contributed by atoms with Crippen LogP contribution in [0.5, 0.6) is 0 Å². The van der Waals surface area contributed by atoms with Crippen LogP contribution in [0.15, 0.2) is 24.3 Å². The number of carbonyl (C=O) groups is 3. The molecule has 0 aliphatic carbocycles. The van der Waals surface area contributed by atoms with E-state index in [0.29, 0.717) is 11.1 Å². The highest BCUT2D eigenvalue weighted by molar-refractivity contribution is 6.21. The van der Waals surface area contributed by atoms with Gasteiger partial charge in [-0.2, -0.15) is 0 Å². The molecule has 6 nitrogen and oxygen atoms in total. The third-order valence-electron chi connectivity index (χ3n) is 2.67. The van der Waals surface area contributed by atoms with Gasteiger partial charge in [-0.25, -0.2) is 4.79 Å². The molecular formula is C14H11NO5. The highest BCUT2D eigenvalue weighted by atomic mass is 16.7. The van der Waals surface area contributed by atoms with Crippen molar-refractivity contribution in [2.75, 3.05) is 20.3 Å². The Hall–Kier alpha value is -2.81. The van der Waals surface area contributed by atoms with E-state index in [1.54, 1.807) is 24.3 Å². The zero-order chi connectivity index (χ0) is 14.5. The van der Waals surface area contributed by atoms with Crippen molar-refractivity contribution in [2.24, 2.45) is 0 Å². The molecule has 2 amide bonds. The number of rotatable bonds is 2. The molecule has 0 aromatic heterocycles. The van der Waals surface area contributed by atoms with Crippen LogP contribution in [-0.4, -0.2) is 43.1 Å². The van der Waals surface area contributed by atoms with Crippen molar-refractivity contribution in [1.82, 2.24) is 4.90 Å². The Morgan fingerprint density at radius 1 is 1.15 bits per heavy atom. The predicted octanol–water partition coefficient (Wildman–Crippen LogP) is 1.07. The van der Waals surface area contributed by atoms with Gasteiger partial charge in [-0.3, -0.25) is 14.5 Å². The Balaban J connectivity index is 1.96. The van der Waals surface area contributed by atoms with E-state index in [-0.39, 0.29) is 25.0 Å². The molecule has 2 rings (SSSR count). The van der Waals surface area contributed by atoms with E-state index in [4.69, 9.17) is 0 Å². The first-order chi connectivity index (χ1) is 9.65. The number of methoxy groups -OCH3 is 1. The van der Waals surface area contributed by atoms with Crippen LogP contribution in [0, 0.1) is 11.8 Å². The van der Waals surface area contributed by atoms with Crippen LogP contribution < -0.4 is 0 Å². The van der Waals surface area contributed by atoms with E-state index in [0.717, 1.165) is 4.90 Å². The van der Waals surface area contributed by atoms with Crippen molar-refractivity contribution in [3.05, 3.63) is 35.4 Å². The normalized spacial score (nSPS) is 12.6. The summed E-state index contributed by atoms with van der Waals surface area (Å²) in [7, 11) is 1.19. The second kappa shape index (κ2) is 5.89. The summed E-state index contributed by atoms with van der Waals surface area (Å²) in [6.07, 6.45) is -0.833. The monoisotopic (exact) mass is 273 g/mol. The van der Waals surface area contributed by atoms with Gasteiger partial charge in [-0.15, -0.1) is 0 Å². The fraction of sp³-hybridized carbons (Fsp3) is 0.214. The number of amides is 2. The zero-order valence-corrected chi connectivity index (χ0v) is 10.7. The fourth-order valence-electron chi connectivity index (χ4n) is 1.72. The molecule has 0 N–H and O–H groups in total. The lowest BCUT2D eigenvalue weighted by molar-refractivity contribution is 0.0672. The number of hydrogen-bond acceptors (Lipinski definition) is 5. The van der Waals surface area contributed by atoms with E-state index < -0.39 is 6.16 Å². The van der Waals surface area contributed by atoms with Crippen LogP contribution in [0.4, 0.5) is 4.79 Å². The zero-order valence-electron chi connectivity index (χ0n) is 10.7. The van der Waals surface area contributed by atoms with E-state index in [1.807, 2.05) is 0 Å².